The van der Waals surface area contributed by atoms with Gasteiger partial charge in [-0.15, -0.1) is 0 Å². The first-order chi connectivity index (χ1) is 10.7. The topological polar surface area (TPSA) is 32.3 Å². The average Bonchev–Trinajstić information content (AvgIpc) is 2.80. The van der Waals surface area contributed by atoms with Gasteiger partial charge in [0.05, 0.1) is 0 Å². The maximum Gasteiger partial charge on any atom is 0.243 e. The maximum absolute atomic E-state index is 11.8. The van der Waals surface area contributed by atoms with Gasteiger partial charge in [-0.3, -0.25) is 4.79 Å². The molecule has 1 aromatic rings. The van der Waals surface area contributed by atoms with Crippen LogP contribution in [-0.2, 0) is 4.79 Å². The SMILES string of the molecule is O=C(/C=C/c1ccc(Cl)cc1)NCCCN1CCCCCC1. The van der Waals surface area contributed by atoms with Crippen LogP contribution < -0.4 is 5.32 Å². The fourth-order valence-electron chi connectivity index (χ4n) is 2.68. The van der Waals surface area contributed by atoms with E-state index in [9.17, 15) is 4.79 Å². The number of amides is 1. The highest BCUT2D eigenvalue weighted by Crippen LogP contribution is 2.11. The lowest BCUT2D eigenvalue weighted by molar-refractivity contribution is -0.116. The van der Waals surface area contributed by atoms with Crippen LogP contribution in [0.5, 0.6) is 0 Å². The molecule has 0 unspecified atom stereocenters. The van der Waals surface area contributed by atoms with Crippen LogP contribution in [0.4, 0.5) is 0 Å². The third-order valence-electron chi connectivity index (χ3n) is 3.95. The minimum absolute atomic E-state index is 0.0363. The van der Waals surface area contributed by atoms with Gasteiger partial charge in [0.15, 0.2) is 0 Å². The van der Waals surface area contributed by atoms with Gasteiger partial charge in [0, 0.05) is 17.6 Å². The van der Waals surface area contributed by atoms with Gasteiger partial charge in [-0.05, 0) is 62.7 Å². The number of likely N-dealkylation sites (tertiary alicyclic amines) is 1. The molecule has 3 nitrogen and oxygen atoms in total. The highest BCUT2D eigenvalue weighted by molar-refractivity contribution is 6.30. The molecule has 1 aliphatic rings. The summed E-state index contributed by atoms with van der Waals surface area (Å²) in [7, 11) is 0. The number of hydrogen-bond donors (Lipinski definition) is 1. The Bertz CT molecular complexity index is 476. The van der Waals surface area contributed by atoms with Crippen molar-refractivity contribution in [3.63, 3.8) is 0 Å². The van der Waals surface area contributed by atoms with Gasteiger partial charge in [0.1, 0.15) is 0 Å². The molecule has 1 amide bonds. The summed E-state index contributed by atoms with van der Waals surface area (Å²) in [5.74, 6) is -0.0363. The van der Waals surface area contributed by atoms with E-state index in [2.05, 4.69) is 10.2 Å². The quantitative estimate of drug-likeness (QED) is 0.640. The van der Waals surface area contributed by atoms with Gasteiger partial charge >= 0.3 is 0 Å². The Morgan fingerprint density at radius 2 is 1.82 bits per heavy atom. The molecule has 0 aromatic heterocycles. The van der Waals surface area contributed by atoms with E-state index in [-0.39, 0.29) is 5.91 Å². The number of rotatable bonds is 6. The highest BCUT2D eigenvalue weighted by Gasteiger charge is 2.08. The molecule has 120 valence electrons. The van der Waals surface area contributed by atoms with E-state index >= 15 is 0 Å². The second-order valence-electron chi connectivity index (χ2n) is 5.79. The van der Waals surface area contributed by atoms with E-state index < -0.39 is 0 Å². The Morgan fingerprint density at radius 3 is 2.50 bits per heavy atom. The summed E-state index contributed by atoms with van der Waals surface area (Å²) in [5, 5.41) is 3.64. The van der Waals surface area contributed by atoms with Gasteiger partial charge in [0.2, 0.25) is 5.91 Å². The lowest BCUT2D eigenvalue weighted by atomic mass is 10.2. The van der Waals surface area contributed by atoms with Crippen LogP contribution in [0.15, 0.2) is 30.3 Å². The van der Waals surface area contributed by atoms with Crippen molar-refractivity contribution in [1.29, 1.82) is 0 Å². The van der Waals surface area contributed by atoms with Crippen LogP contribution in [0.1, 0.15) is 37.7 Å². The van der Waals surface area contributed by atoms with E-state index in [0.29, 0.717) is 5.02 Å². The zero-order valence-electron chi connectivity index (χ0n) is 13.1. The third kappa shape index (κ3) is 6.63. The fourth-order valence-corrected chi connectivity index (χ4v) is 2.80. The number of benzene rings is 1. The van der Waals surface area contributed by atoms with E-state index in [1.807, 2.05) is 24.3 Å². The Morgan fingerprint density at radius 1 is 1.14 bits per heavy atom. The number of carbonyl (C=O) groups is 1. The molecule has 0 aliphatic carbocycles. The first-order valence-electron chi connectivity index (χ1n) is 8.18. The molecule has 1 aliphatic heterocycles. The molecule has 0 atom stereocenters. The van der Waals surface area contributed by atoms with Gasteiger partial charge in [-0.1, -0.05) is 36.6 Å². The van der Waals surface area contributed by atoms with Crippen LogP contribution in [0.3, 0.4) is 0 Å². The summed E-state index contributed by atoms with van der Waals surface area (Å²) in [4.78, 5) is 14.3. The van der Waals surface area contributed by atoms with Crippen LogP contribution in [-0.4, -0.2) is 37.0 Å². The number of nitrogens with one attached hydrogen (secondary N) is 1. The lowest BCUT2D eigenvalue weighted by Crippen LogP contribution is -2.29. The molecule has 4 heteroatoms. The Labute approximate surface area is 138 Å². The summed E-state index contributed by atoms with van der Waals surface area (Å²) >= 11 is 5.83. The van der Waals surface area contributed by atoms with Gasteiger partial charge in [-0.25, -0.2) is 0 Å². The first-order valence-corrected chi connectivity index (χ1v) is 8.56. The largest absolute Gasteiger partial charge is 0.353 e. The molecule has 22 heavy (non-hydrogen) atoms. The molecule has 1 heterocycles. The van der Waals surface area contributed by atoms with Crippen molar-refractivity contribution in [1.82, 2.24) is 10.2 Å². The number of hydrogen-bond acceptors (Lipinski definition) is 2. The number of nitrogens with zero attached hydrogens (tertiary/aromatic N) is 1. The molecule has 0 spiro atoms. The van der Waals surface area contributed by atoms with Crippen molar-refractivity contribution in [2.45, 2.75) is 32.1 Å². The van der Waals surface area contributed by atoms with E-state index in [1.54, 1.807) is 12.2 Å². The minimum atomic E-state index is -0.0363. The van der Waals surface area contributed by atoms with Crippen molar-refractivity contribution < 1.29 is 4.79 Å². The standard InChI is InChI=1S/C18H25ClN2O/c19-17-9-6-16(7-10-17)8-11-18(22)20-12-5-15-21-13-3-1-2-4-14-21/h6-11H,1-5,12-15H2,(H,20,22)/b11-8+. The fraction of sp³-hybridized carbons (Fsp3) is 0.500. The zero-order chi connectivity index (χ0) is 15.6. The van der Waals surface area contributed by atoms with E-state index in [0.717, 1.165) is 25.1 Å². The van der Waals surface area contributed by atoms with Gasteiger partial charge in [0.25, 0.3) is 0 Å². The second-order valence-corrected chi connectivity index (χ2v) is 6.22. The predicted octanol–water partition coefficient (Wildman–Crippen LogP) is 3.74. The summed E-state index contributed by atoms with van der Waals surface area (Å²) in [6.45, 7) is 4.25. The zero-order valence-corrected chi connectivity index (χ0v) is 13.8. The van der Waals surface area contributed by atoms with Crippen LogP contribution in [0.25, 0.3) is 6.08 Å². The Balaban J connectivity index is 1.62. The second kappa shape index (κ2) is 9.65. The van der Waals surface area contributed by atoms with Crippen molar-refractivity contribution >= 4 is 23.6 Å². The molecular weight excluding hydrogens is 296 g/mol. The van der Waals surface area contributed by atoms with Crippen molar-refractivity contribution in [3.05, 3.63) is 40.9 Å². The normalized spacial score (nSPS) is 16.6. The smallest absolute Gasteiger partial charge is 0.243 e. The molecule has 1 aromatic carbocycles. The summed E-state index contributed by atoms with van der Waals surface area (Å²) in [6, 6.07) is 7.43. The van der Waals surface area contributed by atoms with Crippen molar-refractivity contribution in [2.24, 2.45) is 0 Å². The summed E-state index contributed by atoms with van der Waals surface area (Å²) < 4.78 is 0. The lowest BCUT2D eigenvalue weighted by Gasteiger charge is -2.19. The Hall–Kier alpha value is -1.32. The molecular formula is C18H25ClN2O. The molecule has 1 saturated heterocycles. The third-order valence-corrected chi connectivity index (χ3v) is 4.20. The molecule has 1 fully saturated rings. The van der Waals surface area contributed by atoms with Crippen LogP contribution in [0.2, 0.25) is 5.02 Å². The van der Waals surface area contributed by atoms with Crippen molar-refractivity contribution in [3.8, 4) is 0 Å². The average molecular weight is 321 g/mol. The van der Waals surface area contributed by atoms with Gasteiger partial charge < -0.3 is 10.2 Å². The summed E-state index contributed by atoms with van der Waals surface area (Å²) in [6.07, 6.45) is 9.76. The van der Waals surface area contributed by atoms with Crippen LogP contribution >= 0.6 is 11.6 Å². The van der Waals surface area contributed by atoms with Crippen LogP contribution in [0, 0.1) is 0 Å². The first kappa shape index (κ1) is 17.0. The van der Waals surface area contributed by atoms with E-state index in [1.165, 1.54) is 38.8 Å². The summed E-state index contributed by atoms with van der Waals surface area (Å²) in [5.41, 5.74) is 0.976. The predicted molar refractivity (Wildman–Crippen MR) is 93.0 cm³/mol. The van der Waals surface area contributed by atoms with E-state index in [4.69, 9.17) is 11.6 Å². The molecule has 2 rings (SSSR count). The number of halogens is 1. The molecule has 1 N–H and O–H groups in total. The van der Waals surface area contributed by atoms with Crippen molar-refractivity contribution in [2.75, 3.05) is 26.2 Å². The Kier molecular flexibility index (Phi) is 7.47. The maximum atomic E-state index is 11.8. The monoisotopic (exact) mass is 320 g/mol. The molecule has 0 bridgehead atoms. The molecule has 0 radical (unpaired) electrons. The minimum Gasteiger partial charge on any atom is -0.353 e. The van der Waals surface area contributed by atoms with Gasteiger partial charge in [-0.2, -0.15) is 0 Å². The number of carbonyl (C=O) groups excluding carboxylic acids is 1. The molecule has 0 saturated carbocycles. The highest BCUT2D eigenvalue weighted by atomic mass is 35.5.